The highest BCUT2D eigenvalue weighted by Gasteiger charge is 2.16. The van der Waals surface area contributed by atoms with Crippen LogP contribution in [0, 0.1) is 0 Å². The highest BCUT2D eigenvalue weighted by molar-refractivity contribution is 6.11. The SMILES string of the molecule is C=C(C)C(=O)NC(=O)c1cccc(C(=O)NC(=O)C(=C)C)n1. The molecular formula is C15H15N3O4. The Hall–Kier alpha value is -3.09. The Morgan fingerprint density at radius 3 is 1.55 bits per heavy atom. The number of imide groups is 2. The van der Waals surface area contributed by atoms with E-state index in [-0.39, 0.29) is 22.5 Å². The molecule has 7 nitrogen and oxygen atoms in total. The van der Waals surface area contributed by atoms with Crippen LogP contribution in [0.25, 0.3) is 0 Å². The third-order valence-electron chi connectivity index (χ3n) is 2.44. The van der Waals surface area contributed by atoms with Crippen LogP contribution in [-0.4, -0.2) is 28.6 Å². The Bertz CT molecular complexity index is 637. The van der Waals surface area contributed by atoms with Gasteiger partial charge >= 0.3 is 0 Å². The van der Waals surface area contributed by atoms with Gasteiger partial charge in [0.2, 0.25) is 0 Å². The van der Waals surface area contributed by atoms with Crippen LogP contribution in [0.4, 0.5) is 0 Å². The van der Waals surface area contributed by atoms with Crippen molar-refractivity contribution in [3.8, 4) is 0 Å². The van der Waals surface area contributed by atoms with Crippen LogP contribution in [-0.2, 0) is 9.59 Å². The van der Waals surface area contributed by atoms with E-state index in [1.807, 2.05) is 0 Å². The Balaban J connectivity index is 2.90. The van der Waals surface area contributed by atoms with E-state index in [0.717, 1.165) is 0 Å². The summed E-state index contributed by atoms with van der Waals surface area (Å²) in [5.41, 5.74) is 0.0543. The maximum Gasteiger partial charge on any atom is 0.276 e. The van der Waals surface area contributed by atoms with Crippen molar-refractivity contribution < 1.29 is 19.2 Å². The van der Waals surface area contributed by atoms with E-state index >= 15 is 0 Å². The predicted octanol–water partition coefficient (Wildman–Crippen LogP) is 0.747. The number of hydrogen-bond acceptors (Lipinski definition) is 5. The lowest BCUT2D eigenvalue weighted by Gasteiger charge is -2.06. The number of nitrogens with zero attached hydrogens (tertiary/aromatic N) is 1. The molecule has 0 bridgehead atoms. The van der Waals surface area contributed by atoms with E-state index in [1.54, 1.807) is 0 Å². The van der Waals surface area contributed by atoms with Gasteiger partial charge in [-0.05, 0) is 26.0 Å². The monoisotopic (exact) mass is 301 g/mol. The average Bonchev–Trinajstić information content (AvgIpc) is 2.46. The number of pyridine rings is 1. The van der Waals surface area contributed by atoms with E-state index < -0.39 is 23.6 Å². The third kappa shape index (κ3) is 4.48. The normalized spacial score (nSPS) is 9.55. The molecule has 0 fully saturated rings. The molecule has 1 aromatic rings. The van der Waals surface area contributed by atoms with E-state index in [2.05, 4.69) is 28.8 Å². The maximum absolute atomic E-state index is 11.8. The molecule has 0 aromatic carbocycles. The van der Waals surface area contributed by atoms with Gasteiger partial charge in [-0.25, -0.2) is 4.98 Å². The molecule has 7 heteroatoms. The molecule has 2 N–H and O–H groups in total. The highest BCUT2D eigenvalue weighted by Crippen LogP contribution is 2.01. The molecule has 0 saturated carbocycles. The first-order chi connectivity index (χ1) is 10.2. The molecule has 0 radical (unpaired) electrons. The molecule has 0 aliphatic rings. The summed E-state index contributed by atoms with van der Waals surface area (Å²) in [4.78, 5) is 50.2. The lowest BCUT2D eigenvalue weighted by molar-refractivity contribution is -0.117. The van der Waals surface area contributed by atoms with Crippen LogP contribution in [0.5, 0.6) is 0 Å². The quantitative estimate of drug-likeness (QED) is 0.798. The van der Waals surface area contributed by atoms with Crippen molar-refractivity contribution in [1.82, 2.24) is 15.6 Å². The smallest absolute Gasteiger partial charge is 0.276 e. The number of carbonyl (C=O) groups is 4. The standard InChI is InChI=1S/C15H15N3O4/c1-8(2)12(19)17-14(21)10-6-5-7-11(16-10)15(22)18-13(20)9(3)4/h5-7H,1,3H2,2,4H3,(H,17,19,21)(H,18,20,22). The van der Waals surface area contributed by atoms with Crippen LogP contribution in [0.1, 0.15) is 34.8 Å². The Morgan fingerprint density at radius 1 is 0.864 bits per heavy atom. The summed E-state index contributed by atoms with van der Waals surface area (Å²) in [5, 5.41) is 4.14. The second-order valence-electron chi connectivity index (χ2n) is 4.54. The van der Waals surface area contributed by atoms with Gasteiger partial charge in [0.25, 0.3) is 23.6 Å². The number of amides is 4. The summed E-state index contributed by atoms with van der Waals surface area (Å²) < 4.78 is 0. The van der Waals surface area contributed by atoms with Crippen molar-refractivity contribution in [1.29, 1.82) is 0 Å². The van der Waals surface area contributed by atoms with Gasteiger partial charge in [-0.2, -0.15) is 0 Å². The summed E-state index contributed by atoms with van der Waals surface area (Å²) in [7, 11) is 0. The molecule has 114 valence electrons. The summed E-state index contributed by atoms with van der Waals surface area (Å²) in [6.07, 6.45) is 0. The lowest BCUT2D eigenvalue weighted by Crippen LogP contribution is -2.33. The largest absolute Gasteiger partial charge is 0.287 e. The van der Waals surface area contributed by atoms with Gasteiger partial charge < -0.3 is 0 Å². The van der Waals surface area contributed by atoms with Gasteiger partial charge in [0.1, 0.15) is 11.4 Å². The fourth-order valence-electron chi connectivity index (χ4n) is 1.24. The van der Waals surface area contributed by atoms with Crippen molar-refractivity contribution >= 4 is 23.6 Å². The van der Waals surface area contributed by atoms with Crippen LogP contribution < -0.4 is 10.6 Å². The zero-order valence-electron chi connectivity index (χ0n) is 12.2. The van der Waals surface area contributed by atoms with Crippen molar-refractivity contribution in [2.24, 2.45) is 0 Å². The van der Waals surface area contributed by atoms with E-state index in [1.165, 1.54) is 32.0 Å². The van der Waals surface area contributed by atoms with Crippen molar-refractivity contribution in [3.63, 3.8) is 0 Å². The van der Waals surface area contributed by atoms with Crippen molar-refractivity contribution in [3.05, 3.63) is 53.9 Å². The molecule has 0 saturated heterocycles. The van der Waals surface area contributed by atoms with Crippen molar-refractivity contribution in [2.75, 3.05) is 0 Å². The summed E-state index contributed by atoms with van der Waals surface area (Å²) in [6, 6.07) is 4.07. The number of carbonyl (C=O) groups excluding carboxylic acids is 4. The van der Waals surface area contributed by atoms with Gasteiger partial charge in [0.05, 0.1) is 0 Å². The zero-order valence-corrected chi connectivity index (χ0v) is 12.2. The average molecular weight is 301 g/mol. The Morgan fingerprint density at radius 2 is 1.23 bits per heavy atom. The molecule has 22 heavy (non-hydrogen) atoms. The molecule has 0 atom stereocenters. The van der Waals surface area contributed by atoms with Gasteiger partial charge in [-0.3, -0.25) is 29.8 Å². The number of rotatable bonds is 4. The highest BCUT2D eigenvalue weighted by atomic mass is 16.2. The second kappa shape index (κ2) is 7.07. The minimum atomic E-state index is -0.770. The molecule has 0 aliphatic carbocycles. The van der Waals surface area contributed by atoms with Crippen LogP contribution >= 0.6 is 0 Å². The minimum absolute atomic E-state index is 0.134. The minimum Gasteiger partial charge on any atom is -0.287 e. The van der Waals surface area contributed by atoms with Gasteiger partial charge in [-0.1, -0.05) is 19.2 Å². The van der Waals surface area contributed by atoms with Crippen LogP contribution in [0.15, 0.2) is 42.5 Å². The summed E-state index contributed by atoms with van der Waals surface area (Å²) >= 11 is 0. The number of hydrogen-bond donors (Lipinski definition) is 2. The van der Waals surface area contributed by atoms with Crippen molar-refractivity contribution in [2.45, 2.75) is 13.8 Å². The van der Waals surface area contributed by atoms with Gasteiger partial charge in [0, 0.05) is 11.1 Å². The first-order valence-electron chi connectivity index (χ1n) is 6.21. The predicted molar refractivity (Wildman–Crippen MR) is 78.8 cm³/mol. The van der Waals surface area contributed by atoms with Gasteiger partial charge in [0.15, 0.2) is 0 Å². The van der Waals surface area contributed by atoms with Crippen LogP contribution in [0.3, 0.4) is 0 Å². The number of aromatic nitrogens is 1. The topological polar surface area (TPSA) is 105 Å². The molecule has 1 rings (SSSR count). The Kier molecular flexibility index (Phi) is 5.45. The first-order valence-corrected chi connectivity index (χ1v) is 6.21. The summed E-state index contributed by atoms with van der Waals surface area (Å²) in [6.45, 7) is 9.70. The molecule has 0 unspecified atom stereocenters. The fraction of sp³-hybridized carbons (Fsp3) is 0.133. The molecule has 1 aromatic heterocycles. The second-order valence-corrected chi connectivity index (χ2v) is 4.54. The first kappa shape index (κ1) is 17.0. The van der Waals surface area contributed by atoms with Gasteiger partial charge in [-0.15, -0.1) is 0 Å². The molecule has 0 aliphatic heterocycles. The Labute approximate surface area is 127 Å². The zero-order chi connectivity index (χ0) is 16.9. The van der Waals surface area contributed by atoms with Crippen LogP contribution in [0.2, 0.25) is 0 Å². The fourth-order valence-corrected chi connectivity index (χ4v) is 1.24. The third-order valence-corrected chi connectivity index (χ3v) is 2.44. The molecule has 1 heterocycles. The van der Waals surface area contributed by atoms with E-state index in [9.17, 15) is 19.2 Å². The van der Waals surface area contributed by atoms with E-state index in [4.69, 9.17) is 0 Å². The lowest BCUT2D eigenvalue weighted by atomic mass is 10.2. The maximum atomic E-state index is 11.8. The molecular weight excluding hydrogens is 286 g/mol. The molecule has 4 amide bonds. The summed E-state index contributed by atoms with van der Waals surface area (Å²) in [5.74, 6) is -2.82. The van der Waals surface area contributed by atoms with E-state index in [0.29, 0.717) is 0 Å². The molecule has 0 spiro atoms. The number of nitrogens with one attached hydrogen (secondary N) is 2.